The number of carbonyl (C=O) groups is 3. The van der Waals surface area contributed by atoms with Crippen LogP contribution in [0.4, 0.5) is 0 Å². The number of hydrogen-bond donors (Lipinski definition) is 2. The minimum Gasteiger partial charge on any atom is -0.322 e. The number of rotatable bonds is 3. The third kappa shape index (κ3) is 3.12. The zero-order valence-corrected chi connectivity index (χ0v) is 15.0. The summed E-state index contributed by atoms with van der Waals surface area (Å²) in [6.45, 7) is 6.42. The molecule has 2 saturated heterocycles. The van der Waals surface area contributed by atoms with Gasteiger partial charge in [-0.05, 0) is 30.5 Å². The Morgan fingerprint density at radius 3 is 2.85 bits per heavy atom. The molecule has 0 aromatic heterocycles. The highest BCUT2D eigenvalue weighted by Crippen LogP contribution is 2.28. The van der Waals surface area contributed by atoms with Crippen LogP contribution in [-0.4, -0.2) is 59.2 Å². The largest absolute Gasteiger partial charge is 0.322 e. The lowest BCUT2D eigenvalue weighted by Gasteiger charge is -2.33. The van der Waals surface area contributed by atoms with Crippen LogP contribution in [-0.2, 0) is 22.7 Å². The van der Waals surface area contributed by atoms with Gasteiger partial charge in [-0.3, -0.25) is 24.6 Å². The molecule has 0 aliphatic carbocycles. The molecular weight excluding hydrogens is 332 g/mol. The van der Waals surface area contributed by atoms with Crippen LogP contribution >= 0.6 is 0 Å². The maximum atomic E-state index is 12.9. The second kappa shape index (κ2) is 6.81. The molecule has 7 heteroatoms. The second-order valence-corrected chi connectivity index (χ2v) is 7.42. The van der Waals surface area contributed by atoms with Gasteiger partial charge in [0.1, 0.15) is 6.04 Å². The summed E-state index contributed by atoms with van der Waals surface area (Å²) in [7, 11) is 0. The normalized spacial score (nSPS) is 26.8. The predicted octanol–water partition coefficient (Wildman–Crippen LogP) is 0.241. The van der Waals surface area contributed by atoms with Crippen molar-refractivity contribution in [2.24, 2.45) is 0 Å². The number of nitrogens with zero attached hydrogens (tertiary/aromatic N) is 2. The monoisotopic (exact) mass is 356 g/mol. The maximum Gasteiger partial charge on any atom is 0.255 e. The smallest absolute Gasteiger partial charge is 0.255 e. The summed E-state index contributed by atoms with van der Waals surface area (Å²) in [6, 6.07) is 5.96. The van der Waals surface area contributed by atoms with Crippen LogP contribution in [0.5, 0.6) is 0 Å². The van der Waals surface area contributed by atoms with E-state index in [2.05, 4.69) is 28.5 Å². The van der Waals surface area contributed by atoms with Gasteiger partial charge in [-0.15, -0.1) is 0 Å². The van der Waals surface area contributed by atoms with Gasteiger partial charge in [0.25, 0.3) is 5.91 Å². The quantitative estimate of drug-likeness (QED) is 0.759. The van der Waals surface area contributed by atoms with E-state index in [4.69, 9.17) is 0 Å². The van der Waals surface area contributed by atoms with Gasteiger partial charge in [-0.2, -0.15) is 0 Å². The van der Waals surface area contributed by atoms with Crippen molar-refractivity contribution in [2.45, 2.75) is 44.9 Å². The Bertz CT molecular complexity index is 763. The van der Waals surface area contributed by atoms with Crippen LogP contribution in [0, 0.1) is 0 Å². The zero-order valence-electron chi connectivity index (χ0n) is 15.0. The van der Waals surface area contributed by atoms with Crippen molar-refractivity contribution < 1.29 is 14.4 Å². The lowest BCUT2D eigenvalue weighted by atomic mass is 10.0. The Hall–Kier alpha value is -2.25. The number of piperidine rings is 1. The molecule has 3 aliphatic heterocycles. The van der Waals surface area contributed by atoms with Gasteiger partial charge in [-0.25, -0.2) is 0 Å². The molecule has 138 valence electrons. The van der Waals surface area contributed by atoms with Crippen molar-refractivity contribution in [1.29, 1.82) is 0 Å². The topological polar surface area (TPSA) is 81.8 Å². The lowest BCUT2D eigenvalue weighted by Crippen LogP contribution is -2.52. The SMILES string of the molecule is C[C@@H]1CNCCN1Cc1ccc2c(c1)C(=O)N(C1CCC(=O)NC1=O)C2. The Labute approximate surface area is 152 Å². The minimum absolute atomic E-state index is 0.107. The van der Waals surface area contributed by atoms with Gasteiger partial charge in [0.05, 0.1) is 0 Å². The van der Waals surface area contributed by atoms with Gasteiger partial charge < -0.3 is 10.2 Å². The number of fused-ring (bicyclic) bond motifs is 1. The number of imide groups is 1. The molecule has 1 aromatic rings. The molecule has 3 amide bonds. The lowest BCUT2D eigenvalue weighted by molar-refractivity contribution is -0.136. The van der Waals surface area contributed by atoms with Crippen molar-refractivity contribution in [3.05, 3.63) is 34.9 Å². The first-order chi connectivity index (χ1) is 12.5. The second-order valence-electron chi connectivity index (χ2n) is 7.42. The van der Waals surface area contributed by atoms with Crippen molar-refractivity contribution >= 4 is 17.7 Å². The number of piperazine rings is 1. The zero-order chi connectivity index (χ0) is 18.3. The molecule has 7 nitrogen and oxygen atoms in total. The standard InChI is InChI=1S/C19H24N4O3/c1-12-9-20-6-7-22(12)10-13-2-3-14-11-23(19(26)15(14)8-13)16-4-5-17(24)21-18(16)25/h2-3,8,12,16,20H,4-7,9-11H2,1H3,(H,21,24,25)/t12-,16?/m1/s1. The molecular formula is C19H24N4O3. The summed E-state index contributed by atoms with van der Waals surface area (Å²) >= 11 is 0. The van der Waals surface area contributed by atoms with Gasteiger partial charge >= 0.3 is 0 Å². The van der Waals surface area contributed by atoms with Crippen molar-refractivity contribution in [3.63, 3.8) is 0 Å². The van der Waals surface area contributed by atoms with Crippen LogP contribution in [0.1, 0.15) is 41.3 Å². The first-order valence-corrected chi connectivity index (χ1v) is 9.24. The predicted molar refractivity (Wildman–Crippen MR) is 95.2 cm³/mol. The maximum absolute atomic E-state index is 12.9. The molecule has 26 heavy (non-hydrogen) atoms. The number of carbonyl (C=O) groups excluding carboxylic acids is 3. The van der Waals surface area contributed by atoms with E-state index in [1.807, 2.05) is 12.1 Å². The first-order valence-electron chi connectivity index (χ1n) is 9.24. The van der Waals surface area contributed by atoms with E-state index in [-0.39, 0.29) is 24.1 Å². The molecule has 2 fully saturated rings. The fourth-order valence-electron chi connectivity index (χ4n) is 4.05. The average Bonchev–Trinajstić information content (AvgIpc) is 2.93. The Morgan fingerprint density at radius 2 is 2.08 bits per heavy atom. The van der Waals surface area contributed by atoms with Crippen molar-refractivity contribution in [1.82, 2.24) is 20.4 Å². The molecule has 1 aromatic carbocycles. The van der Waals surface area contributed by atoms with Crippen LogP contribution in [0.2, 0.25) is 0 Å². The summed E-state index contributed by atoms with van der Waals surface area (Å²) in [6.07, 6.45) is 0.679. The molecule has 3 aliphatic rings. The highest BCUT2D eigenvalue weighted by molar-refractivity contribution is 6.05. The molecule has 0 radical (unpaired) electrons. The van der Waals surface area contributed by atoms with Gasteiger partial charge in [0.15, 0.2) is 0 Å². The molecule has 0 saturated carbocycles. The fraction of sp³-hybridized carbons (Fsp3) is 0.526. The third-order valence-electron chi connectivity index (χ3n) is 5.62. The molecule has 2 atom stereocenters. The van der Waals surface area contributed by atoms with Gasteiger partial charge in [-0.1, -0.05) is 12.1 Å². The van der Waals surface area contributed by atoms with Crippen molar-refractivity contribution in [3.8, 4) is 0 Å². The Balaban J connectivity index is 1.50. The Kier molecular flexibility index (Phi) is 4.50. The Morgan fingerprint density at radius 1 is 1.23 bits per heavy atom. The summed E-state index contributed by atoms with van der Waals surface area (Å²) in [5, 5.41) is 5.72. The highest BCUT2D eigenvalue weighted by Gasteiger charge is 2.39. The summed E-state index contributed by atoms with van der Waals surface area (Å²) in [4.78, 5) is 40.3. The van der Waals surface area contributed by atoms with Gasteiger partial charge in [0, 0.05) is 50.7 Å². The number of nitrogens with one attached hydrogen (secondary N) is 2. The number of hydrogen-bond acceptors (Lipinski definition) is 5. The van der Waals surface area contributed by atoms with E-state index in [0.717, 1.165) is 37.3 Å². The molecule has 0 bridgehead atoms. The van der Waals surface area contributed by atoms with Crippen LogP contribution in [0.25, 0.3) is 0 Å². The van der Waals surface area contributed by atoms with Crippen LogP contribution in [0.3, 0.4) is 0 Å². The van der Waals surface area contributed by atoms with E-state index in [1.165, 1.54) is 0 Å². The molecule has 0 spiro atoms. The summed E-state index contributed by atoms with van der Waals surface area (Å²) < 4.78 is 0. The van der Waals surface area contributed by atoms with Crippen LogP contribution < -0.4 is 10.6 Å². The van der Waals surface area contributed by atoms with Crippen LogP contribution in [0.15, 0.2) is 18.2 Å². The molecule has 2 N–H and O–H groups in total. The fourth-order valence-corrected chi connectivity index (χ4v) is 4.05. The van der Waals surface area contributed by atoms with E-state index in [9.17, 15) is 14.4 Å². The van der Waals surface area contributed by atoms with E-state index in [1.54, 1.807) is 4.90 Å². The number of benzene rings is 1. The minimum atomic E-state index is -0.552. The highest BCUT2D eigenvalue weighted by atomic mass is 16.2. The summed E-state index contributed by atoms with van der Waals surface area (Å²) in [5.74, 6) is -0.732. The molecule has 3 heterocycles. The average molecular weight is 356 g/mol. The van der Waals surface area contributed by atoms with E-state index in [0.29, 0.717) is 24.6 Å². The van der Waals surface area contributed by atoms with Crippen molar-refractivity contribution in [2.75, 3.05) is 19.6 Å². The summed E-state index contributed by atoms with van der Waals surface area (Å²) in [5.41, 5.74) is 2.77. The van der Waals surface area contributed by atoms with E-state index < -0.39 is 6.04 Å². The molecule has 1 unspecified atom stereocenters. The number of amides is 3. The van der Waals surface area contributed by atoms with E-state index >= 15 is 0 Å². The third-order valence-corrected chi connectivity index (χ3v) is 5.62. The first kappa shape index (κ1) is 17.2. The molecule has 4 rings (SSSR count). The van der Waals surface area contributed by atoms with Gasteiger partial charge in [0.2, 0.25) is 11.8 Å².